The Balaban J connectivity index is 1.13. The highest BCUT2D eigenvalue weighted by atomic mass is 35.5. The number of carbonyl (C=O) groups is 2. The maximum absolute atomic E-state index is 13.0. The van der Waals surface area contributed by atoms with Crippen molar-refractivity contribution in [3.8, 4) is 11.5 Å². The molecule has 3 aromatic rings. The van der Waals surface area contributed by atoms with Crippen LogP contribution in [-0.4, -0.2) is 58.0 Å². The second-order valence-electron chi connectivity index (χ2n) is 15.3. The Morgan fingerprint density at radius 3 is 2.68 bits per heavy atom. The summed E-state index contributed by atoms with van der Waals surface area (Å²) in [6.45, 7) is 5.62. The Labute approximate surface area is 299 Å². The van der Waals surface area contributed by atoms with Gasteiger partial charge in [0.1, 0.15) is 29.2 Å². The summed E-state index contributed by atoms with van der Waals surface area (Å²) in [5, 5.41) is 27.1. The van der Waals surface area contributed by atoms with Crippen molar-refractivity contribution in [2.24, 2.45) is 11.8 Å². The molecule has 1 aromatic heterocycles. The molecular formula is C40H48ClN3O6. The minimum Gasteiger partial charge on any atom is -0.493 e. The molecule has 1 aliphatic heterocycles. The first-order valence-corrected chi connectivity index (χ1v) is 18.6. The number of anilines is 1. The van der Waals surface area contributed by atoms with E-state index in [9.17, 15) is 19.8 Å². The molecule has 0 unspecified atom stereocenters. The van der Waals surface area contributed by atoms with Gasteiger partial charge < -0.3 is 30.3 Å². The lowest BCUT2D eigenvalue weighted by Gasteiger charge is -2.47. The topological polar surface area (TPSA) is 130 Å². The smallest absolute Gasteiger partial charge is 0.329 e. The van der Waals surface area contributed by atoms with Crippen LogP contribution in [0.4, 0.5) is 5.69 Å². The molecule has 2 aromatic carbocycles. The highest BCUT2D eigenvalue weighted by Crippen LogP contribution is 2.57. The number of rotatable bonds is 11. The van der Waals surface area contributed by atoms with E-state index >= 15 is 0 Å². The van der Waals surface area contributed by atoms with Crippen molar-refractivity contribution in [2.45, 2.75) is 107 Å². The fraction of sp³-hybridized carbons (Fsp3) is 0.525. The van der Waals surface area contributed by atoms with Gasteiger partial charge in [0.05, 0.1) is 6.61 Å². The molecule has 4 N–H and O–H groups in total. The fourth-order valence-corrected chi connectivity index (χ4v) is 9.51. The molecule has 10 heteroatoms. The van der Waals surface area contributed by atoms with E-state index in [2.05, 4.69) is 41.6 Å². The number of nitrogens with one attached hydrogen (secondary N) is 2. The second-order valence-corrected chi connectivity index (χ2v) is 15.7. The number of carboxylic acids is 2. The summed E-state index contributed by atoms with van der Waals surface area (Å²) in [6, 6.07) is 15.0. The van der Waals surface area contributed by atoms with Crippen molar-refractivity contribution < 1.29 is 29.3 Å². The molecule has 7 rings (SSSR count). The Hall–Kier alpha value is -3.82. The minimum atomic E-state index is -1.11. The largest absolute Gasteiger partial charge is 0.493 e. The van der Waals surface area contributed by atoms with Crippen molar-refractivity contribution in [1.82, 2.24) is 10.3 Å². The van der Waals surface area contributed by atoms with Gasteiger partial charge >= 0.3 is 11.9 Å². The van der Waals surface area contributed by atoms with Crippen LogP contribution in [0.15, 0.2) is 54.7 Å². The third kappa shape index (κ3) is 6.79. The molecular weight excluding hydrogens is 654 g/mol. The Bertz CT molecular complexity index is 1740. The summed E-state index contributed by atoms with van der Waals surface area (Å²) in [5.74, 6) is 1.01. The van der Waals surface area contributed by atoms with E-state index < -0.39 is 23.5 Å². The van der Waals surface area contributed by atoms with Crippen LogP contribution in [-0.2, 0) is 27.8 Å². The molecule has 50 heavy (non-hydrogen) atoms. The molecule has 1 saturated heterocycles. The van der Waals surface area contributed by atoms with Crippen LogP contribution >= 0.6 is 11.6 Å². The van der Waals surface area contributed by atoms with Gasteiger partial charge in [0.2, 0.25) is 0 Å². The maximum atomic E-state index is 13.0. The van der Waals surface area contributed by atoms with Crippen LogP contribution in [0.3, 0.4) is 0 Å². The number of aromatic nitrogens is 1. The fourth-order valence-electron chi connectivity index (χ4n) is 9.32. The second kappa shape index (κ2) is 14.1. The van der Waals surface area contributed by atoms with Crippen molar-refractivity contribution in [2.75, 3.05) is 18.5 Å². The Kier molecular flexibility index (Phi) is 9.74. The lowest BCUT2D eigenvalue weighted by atomic mass is 9.59. The number of aliphatic carboxylic acids is 2. The number of hydrogen-bond donors (Lipinski definition) is 4. The molecule has 0 radical (unpaired) electrons. The molecule has 0 bridgehead atoms. The van der Waals surface area contributed by atoms with Gasteiger partial charge in [0.25, 0.3) is 0 Å². The molecule has 4 aliphatic rings. The van der Waals surface area contributed by atoms with Gasteiger partial charge in [-0.2, -0.15) is 0 Å². The summed E-state index contributed by atoms with van der Waals surface area (Å²) >= 11 is 6.27. The van der Waals surface area contributed by atoms with E-state index in [1.165, 1.54) is 22.4 Å². The predicted molar refractivity (Wildman–Crippen MR) is 193 cm³/mol. The molecule has 3 aliphatic carbocycles. The van der Waals surface area contributed by atoms with Crippen molar-refractivity contribution in [3.05, 3.63) is 82.1 Å². The lowest BCUT2D eigenvalue weighted by molar-refractivity contribution is -0.144. The standard InChI is InChI=1S/C40H48ClN3O6/c1-24(23-49-35-11-16-42-33-8-3-5-25(2)36(33)35)17-27-18-26-9-10-30(50-31-21-34(37(45)46)43-22-31)20-32(26)39(27)12-14-40(15-13-39,38(47)48)44-29-7-4-6-28(41)19-29/h4,6-7,9-11,16,19-20,24-25,27,31,34,43-44H,3,5,8,12-15,17-18,21-23H2,1-2H3,(H,45,46)(H,47,48)/t24-,25-,27+,31-,34-,39?,40?/m1/s1. The summed E-state index contributed by atoms with van der Waals surface area (Å²) in [6.07, 6.45) is 9.59. The zero-order valence-corrected chi connectivity index (χ0v) is 29.7. The zero-order valence-electron chi connectivity index (χ0n) is 28.9. The first-order chi connectivity index (χ1) is 24.0. The van der Waals surface area contributed by atoms with Crippen LogP contribution in [0.25, 0.3) is 0 Å². The molecule has 266 valence electrons. The Morgan fingerprint density at radius 1 is 1.12 bits per heavy atom. The van der Waals surface area contributed by atoms with E-state index in [0.717, 1.165) is 43.6 Å². The van der Waals surface area contributed by atoms with Gasteiger partial charge in [0.15, 0.2) is 0 Å². The number of aryl methyl sites for hydroxylation is 1. The van der Waals surface area contributed by atoms with Crippen LogP contribution in [0, 0.1) is 11.8 Å². The van der Waals surface area contributed by atoms with Crippen molar-refractivity contribution >= 4 is 29.2 Å². The van der Waals surface area contributed by atoms with Crippen LogP contribution in [0.1, 0.15) is 93.5 Å². The molecule has 2 heterocycles. The van der Waals surface area contributed by atoms with Gasteiger partial charge in [0, 0.05) is 41.1 Å². The number of ether oxygens (including phenoxy) is 2. The van der Waals surface area contributed by atoms with Gasteiger partial charge in [-0.05, 0) is 128 Å². The third-order valence-electron chi connectivity index (χ3n) is 12.0. The summed E-state index contributed by atoms with van der Waals surface area (Å²) in [5.41, 5.74) is 4.33. The van der Waals surface area contributed by atoms with Crippen LogP contribution in [0.5, 0.6) is 11.5 Å². The van der Waals surface area contributed by atoms with Crippen molar-refractivity contribution in [1.29, 1.82) is 0 Å². The number of pyridine rings is 1. The number of hydrogen-bond acceptors (Lipinski definition) is 7. The molecule has 1 spiro atoms. The third-order valence-corrected chi connectivity index (χ3v) is 12.2. The average molecular weight is 702 g/mol. The number of fused-ring (bicyclic) bond motifs is 3. The van der Waals surface area contributed by atoms with E-state index in [4.69, 9.17) is 21.1 Å². The quantitative estimate of drug-likeness (QED) is 0.162. The number of carboxylic acid groups (broad SMARTS) is 2. The molecule has 9 nitrogen and oxygen atoms in total. The monoisotopic (exact) mass is 701 g/mol. The first-order valence-electron chi connectivity index (χ1n) is 18.2. The molecule has 0 amide bonds. The number of nitrogens with zero attached hydrogens (tertiary/aromatic N) is 1. The molecule has 1 saturated carbocycles. The summed E-state index contributed by atoms with van der Waals surface area (Å²) in [7, 11) is 0. The van der Waals surface area contributed by atoms with Gasteiger partial charge in [-0.1, -0.05) is 37.6 Å². The highest BCUT2D eigenvalue weighted by Gasteiger charge is 2.54. The van der Waals surface area contributed by atoms with E-state index in [1.807, 2.05) is 30.5 Å². The number of halogens is 1. The predicted octanol–water partition coefficient (Wildman–Crippen LogP) is 7.39. The van der Waals surface area contributed by atoms with Crippen molar-refractivity contribution in [3.63, 3.8) is 0 Å². The summed E-state index contributed by atoms with van der Waals surface area (Å²) in [4.78, 5) is 29.1. The minimum absolute atomic E-state index is 0.222. The summed E-state index contributed by atoms with van der Waals surface area (Å²) < 4.78 is 12.9. The first kappa shape index (κ1) is 34.6. The molecule has 5 atom stereocenters. The van der Waals surface area contributed by atoms with Gasteiger partial charge in [-0.25, -0.2) is 4.79 Å². The SMILES string of the molecule is C[C@@H](COc1ccnc2c1[C@H](C)CCC2)C[C@H]1Cc2ccc(O[C@H]3CN[C@@H](C(=O)O)C3)cc2C12CCC(Nc1cccc(Cl)c1)(C(=O)O)CC2. The van der Waals surface area contributed by atoms with E-state index in [1.54, 1.807) is 12.1 Å². The number of benzene rings is 2. The lowest BCUT2D eigenvalue weighted by Crippen LogP contribution is -2.53. The van der Waals surface area contributed by atoms with Crippen LogP contribution < -0.4 is 20.1 Å². The normalized spacial score (nSPS) is 29.2. The van der Waals surface area contributed by atoms with E-state index in [-0.39, 0.29) is 17.4 Å². The molecule has 2 fully saturated rings. The van der Waals surface area contributed by atoms with Gasteiger partial charge in [-0.15, -0.1) is 0 Å². The average Bonchev–Trinajstić information content (AvgIpc) is 3.68. The van der Waals surface area contributed by atoms with Gasteiger partial charge in [-0.3, -0.25) is 9.78 Å². The van der Waals surface area contributed by atoms with E-state index in [0.29, 0.717) is 67.8 Å². The highest BCUT2D eigenvalue weighted by molar-refractivity contribution is 6.30. The van der Waals surface area contributed by atoms with Crippen LogP contribution in [0.2, 0.25) is 5.02 Å². The zero-order chi connectivity index (χ0) is 35.0. The maximum Gasteiger partial charge on any atom is 0.329 e. The Morgan fingerprint density at radius 2 is 1.94 bits per heavy atom.